The zero-order chi connectivity index (χ0) is 41.6. The van der Waals surface area contributed by atoms with Gasteiger partial charge in [0.15, 0.2) is 11.5 Å². The predicted octanol–water partition coefficient (Wildman–Crippen LogP) is 8.55. The Labute approximate surface area is 357 Å². The maximum absolute atomic E-state index is 12.9. The van der Waals surface area contributed by atoms with Gasteiger partial charge in [-0.05, 0) is 81.1 Å². The number of fused-ring (bicyclic) bond motifs is 1. The van der Waals surface area contributed by atoms with Crippen molar-refractivity contribution in [1.29, 1.82) is 0 Å². The summed E-state index contributed by atoms with van der Waals surface area (Å²) in [6.07, 6.45) is 11.7. The highest BCUT2D eigenvalue weighted by molar-refractivity contribution is 9.10. The molecule has 0 bridgehead atoms. The Morgan fingerprint density at radius 2 is 1.63 bits per heavy atom. The van der Waals surface area contributed by atoms with Gasteiger partial charge in [-0.1, -0.05) is 85.1 Å². The Balaban J connectivity index is 0.798. The van der Waals surface area contributed by atoms with E-state index in [4.69, 9.17) is 19.4 Å². The number of benzene rings is 3. The van der Waals surface area contributed by atoms with E-state index in [-0.39, 0.29) is 36.2 Å². The number of carbonyl (C=O) groups is 3. The van der Waals surface area contributed by atoms with E-state index in [2.05, 4.69) is 55.8 Å². The number of nitrogens with one attached hydrogen (secondary N) is 3. The summed E-state index contributed by atoms with van der Waals surface area (Å²) in [5.74, 6) is 2.13. The van der Waals surface area contributed by atoms with Crippen molar-refractivity contribution in [2.75, 3.05) is 63.6 Å². The fraction of sp³-hybridized carbons (Fsp3) is 0.500. The molecule has 59 heavy (non-hydrogen) atoms. The molecule has 1 unspecified atom stereocenters. The molecule has 12 nitrogen and oxygen atoms in total. The number of piperazine rings is 1. The van der Waals surface area contributed by atoms with Crippen LogP contribution in [0.4, 0.5) is 11.5 Å². The van der Waals surface area contributed by atoms with Gasteiger partial charge < -0.3 is 25.0 Å². The van der Waals surface area contributed by atoms with Crippen LogP contribution in [0, 0.1) is 6.92 Å². The molecule has 2 aliphatic heterocycles. The van der Waals surface area contributed by atoms with Gasteiger partial charge in [0.25, 0.3) is 0 Å². The Bertz CT molecular complexity index is 2040. The van der Waals surface area contributed by atoms with Crippen LogP contribution < -0.4 is 25.4 Å². The third-order valence-corrected chi connectivity index (χ3v) is 11.9. The van der Waals surface area contributed by atoms with Crippen molar-refractivity contribution >= 4 is 56.1 Å². The Hall–Kier alpha value is -4.75. The van der Waals surface area contributed by atoms with Crippen molar-refractivity contribution < 1.29 is 23.9 Å². The zero-order valence-corrected chi connectivity index (χ0v) is 36.5. The maximum atomic E-state index is 12.9. The molecule has 2 atom stereocenters. The first-order chi connectivity index (χ1) is 28.7. The lowest BCUT2D eigenvalue weighted by Crippen LogP contribution is -2.50. The summed E-state index contributed by atoms with van der Waals surface area (Å²) in [5.41, 5.74) is 3.65. The van der Waals surface area contributed by atoms with E-state index >= 15 is 0 Å². The Morgan fingerprint density at radius 3 is 2.36 bits per heavy atom. The third-order valence-electron chi connectivity index (χ3n) is 11.4. The molecule has 0 aliphatic carbocycles. The molecule has 3 amide bonds. The number of unbranched alkanes of at least 4 members (excludes halogenated alkanes) is 8. The molecule has 13 heteroatoms. The summed E-state index contributed by atoms with van der Waals surface area (Å²) in [4.78, 5) is 50.6. The number of carbonyl (C=O) groups excluding carboxylic acids is 3. The van der Waals surface area contributed by atoms with Crippen molar-refractivity contribution in [3.05, 3.63) is 82.1 Å². The first-order valence-corrected chi connectivity index (χ1v) is 22.1. The summed E-state index contributed by atoms with van der Waals surface area (Å²) >= 11 is 3.57. The minimum absolute atomic E-state index is 0.0507. The van der Waals surface area contributed by atoms with Crippen LogP contribution in [0.5, 0.6) is 11.5 Å². The average Bonchev–Trinajstić information content (AvgIpc) is 3.23. The molecular weight excluding hydrogens is 810 g/mol. The average molecular weight is 871 g/mol. The minimum Gasteiger partial charge on any atom is -0.493 e. The Morgan fingerprint density at radius 1 is 0.898 bits per heavy atom. The van der Waals surface area contributed by atoms with Crippen LogP contribution >= 0.6 is 15.9 Å². The molecule has 6 rings (SSSR count). The van der Waals surface area contributed by atoms with Crippen LogP contribution in [0.3, 0.4) is 0 Å². The molecule has 1 aromatic heterocycles. The number of piperidine rings is 1. The molecule has 3 N–H and O–H groups in total. The number of hydrogen-bond donors (Lipinski definition) is 3. The molecule has 2 fully saturated rings. The summed E-state index contributed by atoms with van der Waals surface area (Å²) in [6.45, 7) is 9.30. The molecule has 0 spiro atoms. The molecule has 0 saturated carbocycles. The quantitative estimate of drug-likeness (QED) is 0.0552. The van der Waals surface area contributed by atoms with E-state index in [0.717, 1.165) is 83.6 Å². The third kappa shape index (κ3) is 12.9. The number of nitrogens with zero attached hydrogens (tertiary/aromatic N) is 4. The largest absolute Gasteiger partial charge is 0.493 e. The summed E-state index contributed by atoms with van der Waals surface area (Å²) < 4.78 is 13.0. The summed E-state index contributed by atoms with van der Waals surface area (Å²) in [6, 6.07) is 19.9. The van der Waals surface area contributed by atoms with Gasteiger partial charge in [-0.3, -0.25) is 24.6 Å². The van der Waals surface area contributed by atoms with Crippen LogP contribution in [0.1, 0.15) is 106 Å². The second-order valence-electron chi connectivity index (χ2n) is 15.8. The number of aryl methyl sites for hydroxylation is 1. The van der Waals surface area contributed by atoms with E-state index in [0.29, 0.717) is 36.8 Å². The molecule has 4 aromatic rings. The van der Waals surface area contributed by atoms with Gasteiger partial charge in [0.1, 0.15) is 11.6 Å². The maximum Gasteiger partial charge on any atom is 0.241 e. The van der Waals surface area contributed by atoms with Crippen LogP contribution in [0.15, 0.2) is 65.1 Å². The van der Waals surface area contributed by atoms with Crippen molar-refractivity contribution in [1.82, 2.24) is 25.1 Å². The number of rotatable bonds is 21. The monoisotopic (exact) mass is 869 g/mol. The lowest BCUT2D eigenvalue weighted by Gasteiger charge is -2.35. The lowest BCUT2D eigenvalue weighted by molar-refractivity contribution is -0.134. The van der Waals surface area contributed by atoms with E-state index < -0.39 is 0 Å². The number of halogens is 1. The van der Waals surface area contributed by atoms with Crippen molar-refractivity contribution in [3.8, 4) is 11.5 Å². The van der Waals surface area contributed by atoms with Crippen molar-refractivity contribution in [2.24, 2.45) is 0 Å². The first kappa shape index (κ1) is 43.8. The molecule has 316 valence electrons. The molecule has 3 aromatic carbocycles. The van der Waals surface area contributed by atoms with E-state index in [1.54, 1.807) is 7.11 Å². The number of ether oxygens (including phenoxy) is 2. The standard InChI is InChI=1S/C46H60BrN7O5/c1-32(34-15-13-17-36(47)27-34)49-45-39-29-41(58-3)42(30-40(39)50-33(2)51-45)59-26-12-10-8-6-4-5-7-9-11-21-53-22-24-54(25-23-53)44(56)31-48-37-18-14-16-35(28-37)38-19-20-43(55)52-46(38)57/h13-18,27-30,32,38,48H,4-12,19-26,31H2,1-3H3,(H,49,50,51)(H,52,55,57)/t32-,38?/m1/s1. The fourth-order valence-electron chi connectivity index (χ4n) is 7.94. The van der Waals surface area contributed by atoms with Crippen molar-refractivity contribution in [2.45, 2.75) is 96.4 Å². The number of amides is 3. The topological polar surface area (TPSA) is 138 Å². The van der Waals surface area contributed by atoms with Crippen molar-refractivity contribution in [3.63, 3.8) is 0 Å². The predicted molar refractivity (Wildman–Crippen MR) is 237 cm³/mol. The van der Waals surface area contributed by atoms with Crippen LogP contribution in [-0.4, -0.2) is 90.5 Å². The van der Waals surface area contributed by atoms with Gasteiger partial charge >= 0.3 is 0 Å². The van der Waals surface area contributed by atoms with Gasteiger partial charge in [-0.2, -0.15) is 0 Å². The highest BCUT2D eigenvalue weighted by atomic mass is 79.9. The second kappa shape index (κ2) is 22.0. The number of aromatic nitrogens is 2. The number of imide groups is 1. The second-order valence-corrected chi connectivity index (χ2v) is 16.7. The normalized spacial score (nSPS) is 16.5. The number of anilines is 2. The van der Waals surface area contributed by atoms with E-state index in [9.17, 15) is 14.4 Å². The van der Waals surface area contributed by atoms with Gasteiger partial charge in [0, 0.05) is 54.2 Å². The fourth-order valence-corrected chi connectivity index (χ4v) is 8.36. The van der Waals surface area contributed by atoms with Gasteiger partial charge in [-0.15, -0.1) is 0 Å². The minimum atomic E-state index is -0.339. The van der Waals surface area contributed by atoms with Crippen LogP contribution in [0.25, 0.3) is 10.9 Å². The lowest BCUT2D eigenvalue weighted by atomic mass is 9.90. The van der Waals surface area contributed by atoms with Gasteiger partial charge in [-0.25, -0.2) is 9.97 Å². The van der Waals surface area contributed by atoms with Crippen LogP contribution in [0.2, 0.25) is 0 Å². The molecule has 2 aliphatic rings. The first-order valence-electron chi connectivity index (χ1n) is 21.4. The molecule has 0 radical (unpaired) electrons. The zero-order valence-electron chi connectivity index (χ0n) is 34.9. The van der Waals surface area contributed by atoms with E-state index in [1.807, 2.05) is 60.4 Å². The van der Waals surface area contributed by atoms with Gasteiger partial charge in [0.2, 0.25) is 17.7 Å². The molecule has 2 saturated heterocycles. The summed E-state index contributed by atoms with van der Waals surface area (Å²) in [5, 5.41) is 10.1. The highest BCUT2D eigenvalue weighted by Gasteiger charge is 2.28. The van der Waals surface area contributed by atoms with Gasteiger partial charge in [0.05, 0.1) is 37.7 Å². The highest BCUT2D eigenvalue weighted by Crippen LogP contribution is 2.36. The Kier molecular flexibility index (Phi) is 16.4. The smallest absolute Gasteiger partial charge is 0.241 e. The van der Waals surface area contributed by atoms with E-state index in [1.165, 1.54) is 44.9 Å². The molecular formula is C46H60BrN7O5. The summed E-state index contributed by atoms with van der Waals surface area (Å²) in [7, 11) is 1.67. The number of hydrogen-bond acceptors (Lipinski definition) is 10. The SMILES string of the molecule is COc1cc2c(N[C@H](C)c3cccc(Br)c3)nc(C)nc2cc1OCCCCCCCCCCCN1CCN(C(=O)CNc2cccc(C3CCC(=O)NC3=O)c2)CC1. The molecule has 3 heterocycles. The van der Waals surface area contributed by atoms with Crippen LogP contribution in [-0.2, 0) is 14.4 Å². The number of methoxy groups -OCH3 is 1.